The normalized spacial score (nSPS) is 12.3. The van der Waals surface area contributed by atoms with Gasteiger partial charge in [0, 0.05) is 0 Å². The van der Waals surface area contributed by atoms with Gasteiger partial charge in [-0.05, 0) is 17.5 Å². The summed E-state index contributed by atoms with van der Waals surface area (Å²) < 4.78 is 0. The summed E-state index contributed by atoms with van der Waals surface area (Å²) in [5.41, 5.74) is 2.86. The highest BCUT2D eigenvalue weighted by molar-refractivity contribution is 5.71. The largest absolute Gasteiger partial charge is 0.481 e. The first-order valence-electron chi connectivity index (χ1n) is 5.49. The number of nitrogens with one attached hydrogen (secondary N) is 1. The van der Waals surface area contributed by atoms with Gasteiger partial charge in [-0.25, -0.2) is 0 Å². The van der Waals surface area contributed by atoms with E-state index in [0.717, 1.165) is 16.8 Å². The van der Waals surface area contributed by atoms with Gasteiger partial charge in [-0.2, -0.15) is 5.10 Å². The fourth-order valence-electron chi connectivity index (χ4n) is 1.74. The highest BCUT2D eigenvalue weighted by Gasteiger charge is 2.15. The number of aromatic amines is 1. The second-order valence-corrected chi connectivity index (χ2v) is 4.08. The summed E-state index contributed by atoms with van der Waals surface area (Å²) in [5.74, 6) is -1.19. The van der Waals surface area contributed by atoms with Gasteiger partial charge in [0.25, 0.3) is 0 Å². The van der Waals surface area contributed by atoms with Gasteiger partial charge in [0.1, 0.15) is 0 Å². The SMILES string of the molecule is CC(Cc1cn[nH]c1-c1ccccc1)C(=O)O. The van der Waals surface area contributed by atoms with E-state index in [4.69, 9.17) is 5.11 Å². The molecule has 17 heavy (non-hydrogen) atoms. The number of aliphatic carboxylic acids is 1. The molecule has 1 aromatic heterocycles. The number of nitrogens with zero attached hydrogens (tertiary/aromatic N) is 1. The molecule has 0 spiro atoms. The lowest BCUT2D eigenvalue weighted by Crippen LogP contribution is -2.12. The minimum absolute atomic E-state index is 0.407. The Morgan fingerprint density at radius 3 is 2.76 bits per heavy atom. The molecular weight excluding hydrogens is 216 g/mol. The Hall–Kier alpha value is -2.10. The molecule has 0 aliphatic rings. The summed E-state index contributed by atoms with van der Waals surface area (Å²) in [6, 6.07) is 9.78. The van der Waals surface area contributed by atoms with Crippen molar-refractivity contribution >= 4 is 5.97 Å². The van der Waals surface area contributed by atoms with Crippen LogP contribution in [0.5, 0.6) is 0 Å². The van der Waals surface area contributed by atoms with Crippen molar-refractivity contribution in [1.29, 1.82) is 0 Å². The maximum Gasteiger partial charge on any atom is 0.306 e. The van der Waals surface area contributed by atoms with E-state index in [2.05, 4.69) is 10.2 Å². The van der Waals surface area contributed by atoms with Crippen LogP contribution in [-0.4, -0.2) is 21.3 Å². The van der Waals surface area contributed by atoms with Crippen molar-refractivity contribution < 1.29 is 9.90 Å². The predicted molar refractivity (Wildman–Crippen MR) is 64.5 cm³/mol. The Kier molecular flexibility index (Phi) is 3.23. The van der Waals surface area contributed by atoms with E-state index < -0.39 is 11.9 Å². The van der Waals surface area contributed by atoms with Crippen LogP contribution >= 0.6 is 0 Å². The number of carboxylic acid groups (broad SMARTS) is 1. The minimum Gasteiger partial charge on any atom is -0.481 e. The van der Waals surface area contributed by atoms with Crippen molar-refractivity contribution in [2.24, 2.45) is 5.92 Å². The molecule has 0 fully saturated rings. The molecule has 2 aromatic rings. The second kappa shape index (κ2) is 4.82. The molecule has 1 atom stereocenters. The number of aromatic nitrogens is 2. The van der Waals surface area contributed by atoms with Gasteiger partial charge in [-0.3, -0.25) is 9.89 Å². The fraction of sp³-hybridized carbons (Fsp3) is 0.231. The number of carboxylic acids is 1. The maximum atomic E-state index is 10.8. The molecule has 0 bridgehead atoms. The summed E-state index contributed by atoms with van der Waals surface area (Å²) in [7, 11) is 0. The Labute approximate surface area is 99.3 Å². The minimum atomic E-state index is -0.787. The third kappa shape index (κ3) is 2.53. The predicted octanol–water partition coefficient (Wildman–Crippen LogP) is 2.34. The number of rotatable bonds is 4. The van der Waals surface area contributed by atoms with E-state index in [1.54, 1.807) is 13.1 Å². The standard InChI is InChI=1S/C13H14N2O2/c1-9(13(16)17)7-11-8-14-15-12(11)10-5-3-2-4-6-10/h2-6,8-9H,7H2,1H3,(H,14,15)(H,16,17). The quantitative estimate of drug-likeness (QED) is 0.847. The van der Waals surface area contributed by atoms with Crippen LogP contribution in [0, 0.1) is 5.92 Å². The van der Waals surface area contributed by atoms with E-state index in [-0.39, 0.29) is 0 Å². The summed E-state index contributed by atoms with van der Waals surface area (Å²) >= 11 is 0. The van der Waals surface area contributed by atoms with Crippen LogP contribution in [0.3, 0.4) is 0 Å². The Morgan fingerprint density at radius 1 is 1.41 bits per heavy atom. The third-order valence-corrected chi connectivity index (χ3v) is 2.73. The van der Waals surface area contributed by atoms with Crippen LogP contribution in [0.4, 0.5) is 0 Å². The first-order valence-corrected chi connectivity index (χ1v) is 5.49. The van der Waals surface area contributed by atoms with Crippen molar-refractivity contribution in [3.63, 3.8) is 0 Å². The van der Waals surface area contributed by atoms with E-state index in [1.807, 2.05) is 30.3 Å². The number of carbonyl (C=O) groups is 1. The Balaban J connectivity index is 2.26. The lowest BCUT2D eigenvalue weighted by Gasteiger charge is -2.06. The molecule has 1 aromatic carbocycles. The van der Waals surface area contributed by atoms with Crippen LogP contribution in [0.1, 0.15) is 12.5 Å². The van der Waals surface area contributed by atoms with Gasteiger partial charge in [-0.1, -0.05) is 37.3 Å². The van der Waals surface area contributed by atoms with E-state index in [9.17, 15) is 4.79 Å². The third-order valence-electron chi connectivity index (χ3n) is 2.73. The monoisotopic (exact) mass is 230 g/mol. The van der Waals surface area contributed by atoms with Gasteiger partial charge in [-0.15, -0.1) is 0 Å². The maximum absolute atomic E-state index is 10.8. The summed E-state index contributed by atoms with van der Waals surface area (Å²) in [4.78, 5) is 10.8. The summed E-state index contributed by atoms with van der Waals surface area (Å²) in [6.07, 6.45) is 2.18. The van der Waals surface area contributed by atoms with Crippen LogP contribution in [0.25, 0.3) is 11.3 Å². The van der Waals surface area contributed by atoms with Gasteiger partial charge >= 0.3 is 5.97 Å². The molecule has 2 rings (SSSR count). The topological polar surface area (TPSA) is 66.0 Å². The highest BCUT2D eigenvalue weighted by Crippen LogP contribution is 2.22. The molecule has 0 aliphatic carbocycles. The molecule has 1 unspecified atom stereocenters. The van der Waals surface area contributed by atoms with Gasteiger partial charge in [0.15, 0.2) is 0 Å². The molecule has 0 saturated heterocycles. The molecule has 0 amide bonds. The first-order chi connectivity index (χ1) is 8.18. The van der Waals surface area contributed by atoms with E-state index in [0.29, 0.717) is 6.42 Å². The van der Waals surface area contributed by atoms with Crippen molar-refractivity contribution in [2.75, 3.05) is 0 Å². The van der Waals surface area contributed by atoms with Crippen LogP contribution in [-0.2, 0) is 11.2 Å². The average Bonchev–Trinajstić information content (AvgIpc) is 2.78. The lowest BCUT2D eigenvalue weighted by atomic mass is 9.99. The van der Waals surface area contributed by atoms with Crippen LogP contribution < -0.4 is 0 Å². The summed E-state index contributed by atoms with van der Waals surface area (Å²) in [5, 5.41) is 15.8. The van der Waals surface area contributed by atoms with Crippen LogP contribution in [0.15, 0.2) is 36.5 Å². The van der Waals surface area contributed by atoms with Crippen molar-refractivity contribution in [2.45, 2.75) is 13.3 Å². The number of H-pyrrole nitrogens is 1. The lowest BCUT2D eigenvalue weighted by molar-refractivity contribution is -0.141. The molecule has 0 saturated carbocycles. The van der Waals surface area contributed by atoms with Crippen LogP contribution in [0.2, 0.25) is 0 Å². The highest BCUT2D eigenvalue weighted by atomic mass is 16.4. The summed E-state index contributed by atoms with van der Waals surface area (Å²) in [6.45, 7) is 1.70. The van der Waals surface area contributed by atoms with E-state index in [1.165, 1.54) is 0 Å². The average molecular weight is 230 g/mol. The number of benzene rings is 1. The first kappa shape index (κ1) is 11.4. The zero-order valence-corrected chi connectivity index (χ0v) is 9.55. The van der Waals surface area contributed by atoms with Gasteiger partial charge < -0.3 is 5.11 Å². The Morgan fingerprint density at radius 2 is 2.12 bits per heavy atom. The molecule has 4 heteroatoms. The molecule has 0 radical (unpaired) electrons. The molecule has 2 N–H and O–H groups in total. The zero-order valence-electron chi connectivity index (χ0n) is 9.55. The van der Waals surface area contributed by atoms with Crippen molar-refractivity contribution in [3.8, 4) is 11.3 Å². The smallest absolute Gasteiger partial charge is 0.306 e. The Bertz CT molecular complexity index is 505. The molecule has 0 aliphatic heterocycles. The molecular formula is C13H14N2O2. The zero-order chi connectivity index (χ0) is 12.3. The molecule has 1 heterocycles. The molecule has 88 valence electrons. The van der Waals surface area contributed by atoms with Crippen molar-refractivity contribution in [3.05, 3.63) is 42.1 Å². The van der Waals surface area contributed by atoms with Gasteiger partial charge in [0.2, 0.25) is 0 Å². The van der Waals surface area contributed by atoms with Crippen molar-refractivity contribution in [1.82, 2.24) is 10.2 Å². The number of hydrogen-bond donors (Lipinski definition) is 2. The molecule has 4 nitrogen and oxygen atoms in total. The fourth-order valence-corrected chi connectivity index (χ4v) is 1.74. The second-order valence-electron chi connectivity index (χ2n) is 4.08. The van der Waals surface area contributed by atoms with E-state index >= 15 is 0 Å². The van der Waals surface area contributed by atoms with Gasteiger partial charge in [0.05, 0.1) is 17.8 Å². The number of hydrogen-bond acceptors (Lipinski definition) is 2.